The van der Waals surface area contributed by atoms with E-state index in [9.17, 15) is 27.2 Å². The fraction of sp³-hybridized carbons (Fsp3) is 0.0476. The largest absolute Gasteiger partial charge is 0.434 e. The van der Waals surface area contributed by atoms with E-state index in [1.807, 2.05) is 0 Å². The number of benzene rings is 3. The van der Waals surface area contributed by atoms with Gasteiger partial charge in [0.2, 0.25) is 0 Å². The second-order valence-electron chi connectivity index (χ2n) is 6.10. The monoisotopic (exact) mass is 452 g/mol. The third-order valence-electron chi connectivity index (χ3n) is 4.03. The van der Waals surface area contributed by atoms with E-state index in [1.54, 1.807) is 17.4 Å². The summed E-state index contributed by atoms with van der Waals surface area (Å²) in [6.07, 6.45) is 0. The molecule has 0 spiro atoms. The predicted octanol–water partition coefficient (Wildman–Crippen LogP) is 5.85. The Kier molecular flexibility index (Phi) is 6.76. The molecule has 0 heterocycles. The van der Waals surface area contributed by atoms with Gasteiger partial charge in [0.05, 0.1) is 0 Å². The Morgan fingerprint density at radius 1 is 0.935 bits per heavy atom. The Labute approximate surface area is 178 Å². The van der Waals surface area contributed by atoms with Gasteiger partial charge in [-0.2, -0.15) is 8.78 Å². The number of halogens is 5. The van der Waals surface area contributed by atoms with Crippen molar-refractivity contribution in [3.63, 3.8) is 0 Å². The molecule has 0 radical (unpaired) electrons. The Morgan fingerprint density at radius 2 is 1.58 bits per heavy atom. The smallest absolute Gasteiger partial charge is 0.387 e. The number of amides is 3. The molecule has 0 saturated carbocycles. The molecule has 160 valence electrons. The van der Waals surface area contributed by atoms with Crippen LogP contribution in [0.3, 0.4) is 0 Å². The maximum atomic E-state index is 13.7. The van der Waals surface area contributed by atoms with E-state index in [0.29, 0.717) is 10.6 Å². The minimum absolute atomic E-state index is 0.103. The lowest BCUT2D eigenvalue weighted by Gasteiger charge is -2.14. The van der Waals surface area contributed by atoms with E-state index in [2.05, 4.69) is 10.1 Å². The Morgan fingerprint density at radius 3 is 2.19 bits per heavy atom. The molecule has 5 nitrogen and oxygen atoms in total. The van der Waals surface area contributed by atoms with Crippen molar-refractivity contribution < 1.29 is 31.9 Å². The fourth-order valence-corrected chi connectivity index (χ4v) is 2.83. The highest BCUT2D eigenvalue weighted by molar-refractivity contribution is 6.30. The number of imide groups is 1. The highest BCUT2D eigenvalue weighted by Crippen LogP contribution is 2.34. The van der Waals surface area contributed by atoms with Crippen molar-refractivity contribution in [2.45, 2.75) is 6.61 Å². The Bertz CT molecular complexity index is 1100. The van der Waals surface area contributed by atoms with Gasteiger partial charge < -0.3 is 10.1 Å². The van der Waals surface area contributed by atoms with E-state index < -0.39 is 35.7 Å². The molecule has 3 aromatic rings. The van der Waals surface area contributed by atoms with Gasteiger partial charge in [-0.15, -0.1) is 0 Å². The molecule has 0 aliphatic rings. The first-order valence-corrected chi connectivity index (χ1v) is 9.03. The van der Waals surface area contributed by atoms with E-state index in [-0.39, 0.29) is 17.0 Å². The molecule has 0 unspecified atom stereocenters. The average Bonchev–Trinajstić information content (AvgIpc) is 2.69. The number of anilines is 1. The zero-order valence-corrected chi connectivity index (χ0v) is 16.2. The lowest BCUT2D eigenvalue weighted by molar-refractivity contribution is -0.0494. The van der Waals surface area contributed by atoms with Crippen molar-refractivity contribution in [3.8, 4) is 16.9 Å². The molecule has 0 bridgehead atoms. The van der Waals surface area contributed by atoms with Gasteiger partial charge >= 0.3 is 12.6 Å². The minimum atomic E-state index is -3.08. The molecule has 31 heavy (non-hydrogen) atoms. The van der Waals surface area contributed by atoms with E-state index in [0.717, 1.165) is 18.2 Å². The number of ether oxygens (including phenoxy) is 1. The molecule has 0 aliphatic carbocycles. The highest BCUT2D eigenvalue weighted by atomic mass is 35.5. The Balaban J connectivity index is 1.82. The van der Waals surface area contributed by atoms with Crippen LogP contribution in [0.2, 0.25) is 5.02 Å². The molecular formula is C21H13ClF4N2O3. The topological polar surface area (TPSA) is 67.4 Å². The number of hydrogen-bond acceptors (Lipinski definition) is 3. The van der Waals surface area contributed by atoms with Crippen molar-refractivity contribution in [1.29, 1.82) is 0 Å². The normalized spacial score (nSPS) is 10.6. The summed E-state index contributed by atoms with van der Waals surface area (Å²) in [6, 6.07) is 11.7. The third-order valence-corrected chi connectivity index (χ3v) is 4.28. The van der Waals surface area contributed by atoms with E-state index in [1.165, 1.54) is 30.3 Å². The SMILES string of the molecule is O=C(NC(=O)c1c(F)cccc1F)Nc1ccc(OC(F)F)c(-c2ccc(Cl)cc2)c1. The molecule has 10 heteroatoms. The molecule has 0 atom stereocenters. The summed E-state index contributed by atoms with van der Waals surface area (Å²) in [5, 5.41) is 4.52. The van der Waals surface area contributed by atoms with Gasteiger partial charge in [-0.3, -0.25) is 10.1 Å². The van der Waals surface area contributed by atoms with E-state index in [4.69, 9.17) is 11.6 Å². The molecule has 0 aliphatic heterocycles. The van der Waals surface area contributed by atoms with Gasteiger partial charge in [0, 0.05) is 16.3 Å². The van der Waals surface area contributed by atoms with Gasteiger partial charge in [0.1, 0.15) is 22.9 Å². The number of alkyl halides is 2. The second-order valence-corrected chi connectivity index (χ2v) is 6.54. The maximum Gasteiger partial charge on any atom is 0.387 e. The highest BCUT2D eigenvalue weighted by Gasteiger charge is 2.20. The summed E-state index contributed by atoms with van der Waals surface area (Å²) in [4.78, 5) is 24.1. The quantitative estimate of drug-likeness (QED) is 0.477. The van der Waals surface area contributed by atoms with Crippen LogP contribution in [0.1, 0.15) is 10.4 Å². The lowest BCUT2D eigenvalue weighted by atomic mass is 10.0. The molecule has 0 saturated heterocycles. The van der Waals surface area contributed by atoms with Crippen LogP contribution >= 0.6 is 11.6 Å². The van der Waals surface area contributed by atoms with Crippen LogP contribution in [-0.4, -0.2) is 18.5 Å². The maximum absolute atomic E-state index is 13.7. The summed E-state index contributed by atoms with van der Waals surface area (Å²) < 4.78 is 57.3. The summed E-state index contributed by atoms with van der Waals surface area (Å²) in [5.74, 6) is -3.72. The van der Waals surface area contributed by atoms with Crippen molar-refractivity contribution in [2.75, 3.05) is 5.32 Å². The standard InChI is InChI=1S/C21H13ClF4N2O3/c22-12-6-4-11(5-7-12)14-10-13(8-9-17(14)31-20(25)26)27-21(30)28-19(29)18-15(23)2-1-3-16(18)24/h1-10,20H,(H2,27,28,29,30). The summed E-state index contributed by atoms with van der Waals surface area (Å²) in [5.41, 5.74) is -0.138. The zero-order valence-electron chi connectivity index (χ0n) is 15.5. The molecule has 0 aromatic heterocycles. The number of rotatable bonds is 5. The minimum Gasteiger partial charge on any atom is -0.434 e. The first-order valence-electron chi connectivity index (χ1n) is 8.65. The van der Waals surface area contributed by atoms with Gasteiger partial charge in [0.15, 0.2) is 0 Å². The number of urea groups is 1. The molecule has 3 amide bonds. The summed E-state index contributed by atoms with van der Waals surface area (Å²) in [7, 11) is 0. The first-order chi connectivity index (χ1) is 14.7. The van der Waals surface area contributed by atoms with Gasteiger partial charge in [-0.1, -0.05) is 29.8 Å². The van der Waals surface area contributed by atoms with Crippen molar-refractivity contribution in [3.05, 3.63) is 82.9 Å². The van der Waals surface area contributed by atoms with Crippen LogP contribution in [0, 0.1) is 11.6 Å². The number of nitrogens with one attached hydrogen (secondary N) is 2. The van der Waals surface area contributed by atoms with Crippen molar-refractivity contribution in [2.24, 2.45) is 0 Å². The predicted molar refractivity (Wildman–Crippen MR) is 106 cm³/mol. The van der Waals surface area contributed by atoms with Crippen LogP contribution in [0.25, 0.3) is 11.1 Å². The van der Waals surface area contributed by atoms with E-state index >= 15 is 0 Å². The van der Waals surface area contributed by atoms with Gasteiger partial charge in [0.25, 0.3) is 5.91 Å². The van der Waals surface area contributed by atoms with Crippen LogP contribution in [-0.2, 0) is 0 Å². The first kappa shape index (κ1) is 22.1. The number of carbonyl (C=O) groups is 2. The molecular weight excluding hydrogens is 440 g/mol. The molecule has 3 rings (SSSR count). The van der Waals surface area contributed by atoms with Crippen LogP contribution in [0.15, 0.2) is 60.7 Å². The van der Waals surface area contributed by atoms with Crippen molar-refractivity contribution >= 4 is 29.2 Å². The second kappa shape index (κ2) is 9.48. The summed E-state index contributed by atoms with van der Waals surface area (Å²) >= 11 is 5.84. The molecule has 0 fully saturated rings. The average molecular weight is 453 g/mol. The van der Waals surface area contributed by atoms with Gasteiger partial charge in [-0.25, -0.2) is 13.6 Å². The summed E-state index contributed by atoms with van der Waals surface area (Å²) in [6.45, 7) is -3.08. The third kappa shape index (κ3) is 5.52. The van der Waals surface area contributed by atoms with Crippen molar-refractivity contribution in [1.82, 2.24) is 5.32 Å². The molecule has 2 N–H and O–H groups in total. The van der Waals surface area contributed by atoms with Crippen LogP contribution in [0.4, 0.5) is 28.0 Å². The van der Waals surface area contributed by atoms with Crippen LogP contribution < -0.4 is 15.4 Å². The lowest BCUT2D eigenvalue weighted by Crippen LogP contribution is -2.35. The Hall–Kier alpha value is -3.59. The van der Waals surface area contributed by atoms with Crippen LogP contribution in [0.5, 0.6) is 5.75 Å². The fourth-order valence-electron chi connectivity index (χ4n) is 2.70. The van der Waals surface area contributed by atoms with Gasteiger partial charge in [-0.05, 0) is 48.0 Å². The molecule has 3 aromatic carbocycles. The number of carbonyl (C=O) groups excluding carboxylic acids is 2. The number of hydrogen-bond donors (Lipinski definition) is 2. The zero-order chi connectivity index (χ0) is 22.5.